The van der Waals surface area contributed by atoms with Crippen molar-refractivity contribution >= 4 is 11.9 Å². The lowest BCUT2D eigenvalue weighted by Gasteiger charge is -2.16. The lowest BCUT2D eigenvalue weighted by Crippen LogP contribution is -2.41. The minimum Gasteiger partial charge on any atom is -0.467 e. The highest BCUT2D eigenvalue weighted by atomic mass is 19.2. The predicted molar refractivity (Wildman–Crippen MR) is 87.5 cm³/mol. The van der Waals surface area contributed by atoms with Crippen LogP contribution in [0.25, 0.3) is 0 Å². The van der Waals surface area contributed by atoms with Crippen LogP contribution in [-0.2, 0) is 9.53 Å². The number of nitrogens with one attached hydrogen (secondary N) is 1. The number of hydrogen-bond donors (Lipinski definition) is 1. The van der Waals surface area contributed by atoms with Gasteiger partial charge in [-0.1, -0.05) is 25.3 Å². The van der Waals surface area contributed by atoms with Crippen LogP contribution in [0.4, 0.5) is 8.78 Å². The Labute approximate surface area is 140 Å². The molecule has 0 aromatic heterocycles. The van der Waals surface area contributed by atoms with E-state index in [1.54, 1.807) is 0 Å². The quantitative estimate of drug-likeness (QED) is 0.401. The van der Waals surface area contributed by atoms with Gasteiger partial charge in [0.2, 0.25) is 0 Å². The minimum absolute atomic E-state index is 0.0474. The first-order chi connectivity index (χ1) is 11.5. The van der Waals surface area contributed by atoms with Gasteiger partial charge in [-0.15, -0.1) is 6.58 Å². The third kappa shape index (κ3) is 6.48. The Kier molecular flexibility index (Phi) is 8.68. The number of esters is 1. The van der Waals surface area contributed by atoms with Crippen molar-refractivity contribution in [3.05, 3.63) is 48.1 Å². The van der Waals surface area contributed by atoms with Crippen LogP contribution in [0.15, 0.2) is 30.9 Å². The summed E-state index contributed by atoms with van der Waals surface area (Å²) in [4.78, 5) is 23.9. The van der Waals surface area contributed by atoms with E-state index in [0.717, 1.165) is 50.3 Å². The molecule has 0 bridgehead atoms. The van der Waals surface area contributed by atoms with E-state index in [0.29, 0.717) is 6.42 Å². The summed E-state index contributed by atoms with van der Waals surface area (Å²) in [6, 6.07) is 2.03. The van der Waals surface area contributed by atoms with Crippen molar-refractivity contribution in [3.8, 4) is 0 Å². The number of methoxy groups -OCH3 is 1. The van der Waals surface area contributed by atoms with Gasteiger partial charge >= 0.3 is 5.97 Å². The average Bonchev–Trinajstić information content (AvgIpc) is 2.58. The Hall–Kier alpha value is -2.24. The van der Waals surface area contributed by atoms with Crippen LogP contribution in [0.1, 0.15) is 48.9 Å². The van der Waals surface area contributed by atoms with Crippen molar-refractivity contribution in [2.75, 3.05) is 7.11 Å². The predicted octanol–water partition coefficient (Wildman–Crippen LogP) is 3.76. The largest absolute Gasteiger partial charge is 0.467 e. The van der Waals surface area contributed by atoms with Gasteiger partial charge in [-0.2, -0.15) is 0 Å². The van der Waals surface area contributed by atoms with Crippen molar-refractivity contribution < 1.29 is 23.1 Å². The maximum Gasteiger partial charge on any atom is 0.328 e. The summed E-state index contributed by atoms with van der Waals surface area (Å²) in [5, 5.41) is 2.51. The van der Waals surface area contributed by atoms with Gasteiger partial charge < -0.3 is 10.1 Å². The minimum atomic E-state index is -1.11. The number of carbonyl (C=O) groups is 2. The number of halogens is 2. The van der Waals surface area contributed by atoms with E-state index < -0.39 is 29.6 Å². The second-order valence-corrected chi connectivity index (χ2v) is 5.46. The lowest BCUT2D eigenvalue weighted by molar-refractivity contribution is -0.143. The number of rotatable bonds is 10. The van der Waals surface area contributed by atoms with Gasteiger partial charge in [0.15, 0.2) is 11.6 Å². The van der Waals surface area contributed by atoms with Crippen LogP contribution in [0.2, 0.25) is 0 Å². The van der Waals surface area contributed by atoms with E-state index in [4.69, 9.17) is 0 Å². The van der Waals surface area contributed by atoms with Gasteiger partial charge in [0, 0.05) is 5.56 Å². The molecule has 1 aromatic carbocycles. The van der Waals surface area contributed by atoms with Crippen molar-refractivity contribution in [2.45, 2.75) is 44.6 Å². The molecule has 0 heterocycles. The molecule has 0 aliphatic rings. The van der Waals surface area contributed by atoms with Gasteiger partial charge in [-0.3, -0.25) is 4.79 Å². The van der Waals surface area contributed by atoms with Gasteiger partial charge in [0.05, 0.1) is 7.11 Å². The summed E-state index contributed by atoms with van der Waals surface area (Å²) >= 11 is 0. The molecule has 0 unspecified atom stereocenters. The second-order valence-electron chi connectivity index (χ2n) is 5.46. The molecule has 1 atom stereocenters. The number of allylic oxidation sites excluding steroid dienone is 1. The Morgan fingerprint density at radius 1 is 1.21 bits per heavy atom. The number of hydrogen-bond acceptors (Lipinski definition) is 3. The Morgan fingerprint density at radius 2 is 1.92 bits per heavy atom. The van der Waals surface area contributed by atoms with Crippen LogP contribution in [0, 0.1) is 11.6 Å². The molecule has 1 amide bonds. The molecule has 0 fully saturated rings. The molecule has 0 spiro atoms. The molecule has 132 valence electrons. The van der Waals surface area contributed by atoms with Crippen molar-refractivity contribution in [3.63, 3.8) is 0 Å². The van der Waals surface area contributed by atoms with Crippen LogP contribution in [0.5, 0.6) is 0 Å². The summed E-state index contributed by atoms with van der Waals surface area (Å²) in [7, 11) is 1.24. The molecule has 0 radical (unpaired) electrons. The summed E-state index contributed by atoms with van der Waals surface area (Å²) in [6.07, 6.45) is 6.95. The maximum absolute atomic E-state index is 13.2. The van der Waals surface area contributed by atoms with Gasteiger partial charge in [0.25, 0.3) is 5.91 Å². The Balaban J connectivity index is 2.58. The number of benzene rings is 1. The summed E-state index contributed by atoms with van der Waals surface area (Å²) in [5.74, 6) is -3.34. The fraction of sp³-hybridized carbons (Fsp3) is 0.444. The van der Waals surface area contributed by atoms with Crippen molar-refractivity contribution in [2.24, 2.45) is 0 Å². The molecular weight excluding hydrogens is 316 g/mol. The third-order valence-electron chi connectivity index (χ3n) is 3.62. The zero-order valence-electron chi connectivity index (χ0n) is 13.8. The SMILES string of the molecule is C=CCCCCCC[C@@H](NC(=O)c1ccc(F)c(F)c1)C(=O)OC. The molecule has 0 saturated carbocycles. The normalized spacial score (nSPS) is 11.6. The van der Waals surface area contributed by atoms with Crippen LogP contribution < -0.4 is 5.32 Å². The monoisotopic (exact) mass is 339 g/mol. The first kappa shape index (κ1) is 19.8. The highest BCUT2D eigenvalue weighted by Gasteiger charge is 2.22. The Bertz CT molecular complexity index is 575. The van der Waals surface area contributed by atoms with Crippen LogP contribution >= 0.6 is 0 Å². The summed E-state index contributed by atoms with van der Waals surface area (Å²) < 4.78 is 30.8. The first-order valence-electron chi connectivity index (χ1n) is 7.94. The molecule has 0 aliphatic heterocycles. The smallest absolute Gasteiger partial charge is 0.328 e. The standard InChI is InChI=1S/C18H23F2NO3/c1-3-4-5-6-7-8-9-16(18(23)24-2)21-17(22)13-10-11-14(19)15(20)12-13/h3,10-12,16H,1,4-9H2,2H3,(H,21,22)/t16-/m1/s1. The number of ether oxygens (including phenoxy) is 1. The van der Waals surface area contributed by atoms with E-state index in [1.807, 2.05) is 6.08 Å². The molecule has 0 saturated heterocycles. The number of amides is 1. The lowest BCUT2D eigenvalue weighted by atomic mass is 10.1. The molecule has 24 heavy (non-hydrogen) atoms. The van der Waals surface area contributed by atoms with Crippen molar-refractivity contribution in [1.29, 1.82) is 0 Å². The summed E-state index contributed by atoms with van der Waals surface area (Å²) in [6.45, 7) is 3.66. The van der Waals surface area contributed by atoms with E-state index >= 15 is 0 Å². The molecule has 0 aliphatic carbocycles. The zero-order valence-corrected chi connectivity index (χ0v) is 13.8. The highest BCUT2D eigenvalue weighted by molar-refractivity contribution is 5.96. The highest BCUT2D eigenvalue weighted by Crippen LogP contribution is 2.11. The van der Waals surface area contributed by atoms with Crippen molar-refractivity contribution in [1.82, 2.24) is 5.32 Å². The Morgan fingerprint density at radius 3 is 2.54 bits per heavy atom. The van der Waals surface area contributed by atoms with E-state index in [9.17, 15) is 18.4 Å². The maximum atomic E-state index is 13.2. The zero-order chi connectivity index (χ0) is 17.9. The average molecular weight is 339 g/mol. The number of carbonyl (C=O) groups excluding carboxylic acids is 2. The van der Waals surface area contributed by atoms with Gasteiger partial charge in [-0.05, 0) is 37.5 Å². The molecule has 1 N–H and O–H groups in total. The number of unbranched alkanes of at least 4 members (excludes halogenated alkanes) is 4. The molecule has 6 heteroatoms. The van der Waals surface area contributed by atoms with E-state index in [1.165, 1.54) is 7.11 Å². The fourth-order valence-corrected chi connectivity index (χ4v) is 2.26. The van der Waals surface area contributed by atoms with Gasteiger partial charge in [-0.25, -0.2) is 13.6 Å². The van der Waals surface area contributed by atoms with Crippen LogP contribution in [0.3, 0.4) is 0 Å². The van der Waals surface area contributed by atoms with Crippen LogP contribution in [-0.4, -0.2) is 25.0 Å². The molecule has 1 rings (SSSR count). The van der Waals surface area contributed by atoms with Gasteiger partial charge in [0.1, 0.15) is 6.04 Å². The molecule has 1 aromatic rings. The van der Waals surface area contributed by atoms with E-state index in [2.05, 4.69) is 16.6 Å². The fourth-order valence-electron chi connectivity index (χ4n) is 2.26. The topological polar surface area (TPSA) is 55.4 Å². The first-order valence-corrected chi connectivity index (χ1v) is 7.94. The second kappa shape index (κ2) is 10.5. The molecular formula is C18H23F2NO3. The summed E-state index contributed by atoms with van der Waals surface area (Å²) in [5.41, 5.74) is -0.0474. The van der Waals surface area contributed by atoms with E-state index in [-0.39, 0.29) is 5.56 Å². The third-order valence-corrected chi connectivity index (χ3v) is 3.62. The molecule has 4 nitrogen and oxygen atoms in total.